The maximum absolute atomic E-state index is 12.3. The van der Waals surface area contributed by atoms with E-state index < -0.39 is 0 Å². The van der Waals surface area contributed by atoms with Crippen molar-refractivity contribution in [2.45, 2.75) is 26.3 Å². The molecular formula is C18H20N2O. The molecular weight excluding hydrogens is 260 g/mol. The van der Waals surface area contributed by atoms with Gasteiger partial charge in [0.05, 0.1) is 6.54 Å². The van der Waals surface area contributed by atoms with Crippen molar-refractivity contribution >= 4 is 17.3 Å². The Kier molecular flexibility index (Phi) is 3.65. The third-order valence-electron chi connectivity index (χ3n) is 4.08. The average molecular weight is 280 g/mol. The van der Waals surface area contributed by atoms with Crippen molar-refractivity contribution in [3.8, 4) is 0 Å². The zero-order chi connectivity index (χ0) is 14.8. The van der Waals surface area contributed by atoms with Crippen molar-refractivity contribution in [1.82, 2.24) is 0 Å². The standard InChI is InChI=1S/C18H20N2O/c1-13-7-3-5-9-16(13)19-18(21)12-20-14(2)11-15-8-4-6-10-17(15)20/h3-10,14H,11-12H2,1-2H3,(H,19,21). The van der Waals surface area contributed by atoms with Crippen LogP contribution in [0.4, 0.5) is 11.4 Å². The van der Waals surface area contributed by atoms with Crippen LogP contribution < -0.4 is 10.2 Å². The predicted molar refractivity (Wildman–Crippen MR) is 86.8 cm³/mol. The summed E-state index contributed by atoms with van der Waals surface area (Å²) in [7, 11) is 0. The summed E-state index contributed by atoms with van der Waals surface area (Å²) < 4.78 is 0. The minimum atomic E-state index is 0.0350. The average Bonchev–Trinajstić information content (AvgIpc) is 2.78. The molecule has 0 saturated heterocycles. The Balaban J connectivity index is 1.72. The molecule has 1 unspecified atom stereocenters. The number of aryl methyl sites for hydroxylation is 1. The maximum Gasteiger partial charge on any atom is 0.243 e. The maximum atomic E-state index is 12.3. The molecule has 3 nitrogen and oxygen atoms in total. The zero-order valence-corrected chi connectivity index (χ0v) is 12.5. The third kappa shape index (κ3) is 2.77. The van der Waals surface area contributed by atoms with Crippen LogP contribution in [0.2, 0.25) is 0 Å². The highest BCUT2D eigenvalue weighted by Gasteiger charge is 2.26. The summed E-state index contributed by atoms with van der Waals surface area (Å²) in [6.07, 6.45) is 1.01. The number of carbonyl (C=O) groups is 1. The third-order valence-corrected chi connectivity index (χ3v) is 4.08. The second-order valence-electron chi connectivity index (χ2n) is 5.67. The summed E-state index contributed by atoms with van der Waals surface area (Å²) in [6.45, 7) is 4.57. The first kappa shape index (κ1) is 13.7. The van der Waals surface area contributed by atoms with Gasteiger partial charge < -0.3 is 10.2 Å². The minimum absolute atomic E-state index is 0.0350. The highest BCUT2D eigenvalue weighted by Crippen LogP contribution is 2.31. The smallest absolute Gasteiger partial charge is 0.243 e. The molecule has 108 valence electrons. The Labute approximate surface area is 125 Å². The van der Waals surface area contributed by atoms with Gasteiger partial charge in [0.1, 0.15) is 0 Å². The van der Waals surface area contributed by atoms with Crippen molar-refractivity contribution < 1.29 is 4.79 Å². The van der Waals surface area contributed by atoms with E-state index in [1.807, 2.05) is 37.3 Å². The molecule has 0 aromatic heterocycles. The first-order valence-electron chi connectivity index (χ1n) is 7.35. The van der Waals surface area contributed by atoms with Crippen LogP contribution in [0.15, 0.2) is 48.5 Å². The highest BCUT2D eigenvalue weighted by atomic mass is 16.2. The zero-order valence-electron chi connectivity index (χ0n) is 12.5. The lowest BCUT2D eigenvalue weighted by molar-refractivity contribution is -0.115. The molecule has 1 atom stereocenters. The largest absolute Gasteiger partial charge is 0.359 e. The van der Waals surface area contributed by atoms with Crippen LogP contribution in [0, 0.1) is 6.92 Å². The Morgan fingerprint density at radius 2 is 1.90 bits per heavy atom. The molecule has 0 spiro atoms. The first-order chi connectivity index (χ1) is 10.1. The fraction of sp³-hybridized carbons (Fsp3) is 0.278. The summed E-state index contributed by atoms with van der Waals surface area (Å²) in [4.78, 5) is 14.5. The van der Waals surface area contributed by atoms with Gasteiger partial charge in [0, 0.05) is 17.4 Å². The lowest BCUT2D eigenvalue weighted by Crippen LogP contribution is -2.37. The Hall–Kier alpha value is -2.29. The van der Waals surface area contributed by atoms with Crippen LogP contribution in [0.3, 0.4) is 0 Å². The number of nitrogens with one attached hydrogen (secondary N) is 1. The van der Waals surface area contributed by atoms with E-state index in [2.05, 4.69) is 35.3 Å². The number of rotatable bonds is 3. The van der Waals surface area contributed by atoms with E-state index in [0.29, 0.717) is 12.6 Å². The predicted octanol–water partition coefficient (Wildman–Crippen LogP) is 3.38. The molecule has 2 aromatic rings. The SMILES string of the molecule is Cc1ccccc1NC(=O)CN1c2ccccc2CC1C. The number of fused-ring (bicyclic) bond motifs is 1. The van der Waals surface area contributed by atoms with Crippen molar-refractivity contribution in [2.75, 3.05) is 16.8 Å². The van der Waals surface area contributed by atoms with Gasteiger partial charge in [-0.3, -0.25) is 4.79 Å². The van der Waals surface area contributed by atoms with E-state index >= 15 is 0 Å². The van der Waals surface area contributed by atoms with Gasteiger partial charge in [0.25, 0.3) is 0 Å². The van der Waals surface area contributed by atoms with Crippen LogP contribution in [0.25, 0.3) is 0 Å². The van der Waals surface area contributed by atoms with Gasteiger partial charge in [0.2, 0.25) is 5.91 Å². The number of carbonyl (C=O) groups excluding carboxylic acids is 1. The molecule has 2 aromatic carbocycles. The molecule has 1 aliphatic rings. The highest BCUT2D eigenvalue weighted by molar-refractivity contribution is 5.95. The number of amides is 1. The molecule has 3 rings (SSSR count). The second-order valence-corrected chi connectivity index (χ2v) is 5.67. The summed E-state index contributed by atoms with van der Waals surface area (Å²) in [5, 5.41) is 3.01. The summed E-state index contributed by atoms with van der Waals surface area (Å²) in [6, 6.07) is 16.6. The summed E-state index contributed by atoms with van der Waals surface area (Å²) in [5.74, 6) is 0.0350. The number of para-hydroxylation sites is 2. The Morgan fingerprint density at radius 3 is 2.71 bits per heavy atom. The van der Waals surface area contributed by atoms with Gasteiger partial charge in [-0.1, -0.05) is 36.4 Å². The molecule has 1 aliphatic heterocycles. The van der Waals surface area contributed by atoms with Gasteiger partial charge in [-0.2, -0.15) is 0 Å². The molecule has 1 amide bonds. The van der Waals surface area contributed by atoms with E-state index in [9.17, 15) is 4.79 Å². The van der Waals surface area contributed by atoms with Gasteiger partial charge >= 0.3 is 0 Å². The molecule has 0 bridgehead atoms. The fourth-order valence-corrected chi connectivity index (χ4v) is 2.93. The van der Waals surface area contributed by atoms with Crippen molar-refractivity contribution in [1.29, 1.82) is 0 Å². The lowest BCUT2D eigenvalue weighted by atomic mass is 10.1. The topological polar surface area (TPSA) is 32.3 Å². The molecule has 21 heavy (non-hydrogen) atoms. The molecule has 0 aliphatic carbocycles. The quantitative estimate of drug-likeness (QED) is 0.934. The minimum Gasteiger partial charge on any atom is -0.359 e. The molecule has 1 N–H and O–H groups in total. The number of hydrogen-bond acceptors (Lipinski definition) is 2. The van der Waals surface area contributed by atoms with Crippen LogP contribution in [0.5, 0.6) is 0 Å². The van der Waals surface area contributed by atoms with Crippen molar-refractivity contribution in [2.24, 2.45) is 0 Å². The van der Waals surface area contributed by atoms with Crippen LogP contribution in [-0.2, 0) is 11.2 Å². The van der Waals surface area contributed by atoms with Crippen LogP contribution >= 0.6 is 0 Å². The van der Waals surface area contributed by atoms with Gasteiger partial charge in [-0.15, -0.1) is 0 Å². The molecule has 0 radical (unpaired) electrons. The van der Waals surface area contributed by atoms with E-state index in [0.717, 1.165) is 17.7 Å². The normalized spacial score (nSPS) is 16.7. The van der Waals surface area contributed by atoms with Crippen LogP contribution in [-0.4, -0.2) is 18.5 Å². The van der Waals surface area contributed by atoms with Gasteiger partial charge in [0.15, 0.2) is 0 Å². The monoisotopic (exact) mass is 280 g/mol. The summed E-state index contributed by atoms with van der Waals surface area (Å²) in [5.41, 5.74) is 4.49. The Bertz CT molecular complexity index is 666. The van der Waals surface area contributed by atoms with Gasteiger partial charge in [-0.05, 0) is 43.5 Å². The van der Waals surface area contributed by atoms with Crippen LogP contribution in [0.1, 0.15) is 18.1 Å². The summed E-state index contributed by atoms with van der Waals surface area (Å²) >= 11 is 0. The first-order valence-corrected chi connectivity index (χ1v) is 7.35. The number of hydrogen-bond donors (Lipinski definition) is 1. The molecule has 0 fully saturated rings. The van der Waals surface area contributed by atoms with E-state index in [1.54, 1.807) is 0 Å². The molecule has 1 heterocycles. The molecule has 3 heteroatoms. The second kappa shape index (κ2) is 5.60. The molecule has 0 saturated carbocycles. The Morgan fingerprint density at radius 1 is 1.19 bits per heavy atom. The van der Waals surface area contributed by atoms with Crippen molar-refractivity contribution in [3.63, 3.8) is 0 Å². The van der Waals surface area contributed by atoms with E-state index in [1.165, 1.54) is 11.3 Å². The number of nitrogens with zero attached hydrogens (tertiary/aromatic N) is 1. The van der Waals surface area contributed by atoms with Gasteiger partial charge in [-0.25, -0.2) is 0 Å². The number of anilines is 2. The van der Waals surface area contributed by atoms with E-state index in [-0.39, 0.29) is 5.91 Å². The van der Waals surface area contributed by atoms with Crippen molar-refractivity contribution in [3.05, 3.63) is 59.7 Å². The van der Waals surface area contributed by atoms with E-state index in [4.69, 9.17) is 0 Å². The fourth-order valence-electron chi connectivity index (χ4n) is 2.93. The lowest BCUT2D eigenvalue weighted by Gasteiger charge is -2.24. The number of benzene rings is 2.